The third kappa shape index (κ3) is 9.73. The third-order valence-electron chi connectivity index (χ3n) is 12.0. The lowest BCUT2D eigenvalue weighted by Gasteiger charge is -2.49. The number of likely N-dealkylation sites (N-methyl/N-ethyl adjacent to an activating group) is 1. The molecule has 8 unspecified atom stereocenters. The molecule has 3 saturated heterocycles. The van der Waals surface area contributed by atoms with E-state index in [9.17, 15) is 35.1 Å². The van der Waals surface area contributed by atoms with E-state index in [4.69, 9.17) is 28.4 Å². The molecule has 5 N–H and O–H groups in total. The molecule has 0 aromatic rings. The molecule has 0 spiro atoms. The fourth-order valence-corrected chi connectivity index (χ4v) is 8.53. The summed E-state index contributed by atoms with van der Waals surface area (Å²) >= 11 is 0. The van der Waals surface area contributed by atoms with Gasteiger partial charge in [0.15, 0.2) is 12.6 Å². The topological polar surface area (TPSA) is 194 Å². The molecule has 14 heteroatoms. The van der Waals surface area contributed by atoms with Crippen molar-refractivity contribution < 1.29 is 63.5 Å². The molecule has 0 aromatic carbocycles. The second kappa shape index (κ2) is 17.7. The first-order valence-electron chi connectivity index (χ1n) is 19.0. The molecule has 3 aliphatic heterocycles. The predicted molar refractivity (Wildman–Crippen MR) is 191 cm³/mol. The fourth-order valence-electron chi connectivity index (χ4n) is 8.53. The summed E-state index contributed by atoms with van der Waals surface area (Å²) in [7, 11) is 5.18. The van der Waals surface area contributed by atoms with Crippen LogP contribution in [0.5, 0.6) is 0 Å². The fraction of sp³-hybridized carbons (Fsp3) is 0.947. The van der Waals surface area contributed by atoms with Gasteiger partial charge in [-0.05, 0) is 74.9 Å². The largest absolute Gasteiger partial charge is 0.459 e. The number of aliphatic hydroxyl groups excluding tert-OH is 3. The van der Waals surface area contributed by atoms with Gasteiger partial charge in [0.2, 0.25) is 0 Å². The maximum atomic E-state index is 14.2. The molecule has 0 radical (unpaired) electrons. The molecule has 0 saturated carbocycles. The van der Waals surface area contributed by atoms with Crippen molar-refractivity contribution in [3.63, 3.8) is 0 Å². The Balaban J connectivity index is 2.20. The van der Waals surface area contributed by atoms with Gasteiger partial charge in [0.1, 0.15) is 29.7 Å². The van der Waals surface area contributed by atoms with Gasteiger partial charge in [-0.15, -0.1) is 0 Å². The van der Waals surface area contributed by atoms with Crippen LogP contribution in [0.25, 0.3) is 0 Å². The van der Waals surface area contributed by atoms with Crippen LogP contribution in [-0.4, -0.2) is 148 Å². The summed E-state index contributed by atoms with van der Waals surface area (Å²) in [6.07, 6.45) is -9.12. The van der Waals surface area contributed by atoms with E-state index in [1.54, 1.807) is 34.6 Å². The zero-order chi connectivity index (χ0) is 39.7. The molecule has 0 aliphatic carbocycles. The highest BCUT2D eigenvalue weighted by Crippen LogP contribution is 2.41. The highest BCUT2D eigenvalue weighted by atomic mass is 16.7. The van der Waals surface area contributed by atoms with E-state index in [2.05, 4.69) is 0 Å². The first-order valence-corrected chi connectivity index (χ1v) is 19.0. The van der Waals surface area contributed by atoms with Crippen LogP contribution in [0.4, 0.5) is 0 Å². The van der Waals surface area contributed by atoms with Crippen LogP contribution in [0, 0.1) is 23.7 Å². The maximum absolute atomic E-state index is 14.2. The van der Waals surface area contributed by atoms with E-state index in [1.807, 2.05) is 32.8 Å². The minimum absolute atomic E-state index is 0.0944. The Hall–Kier alpha value is -1.30. The van der Waals surface area contributed by atoms with Crippen LogP contribution in [0.15, 0.2) is 0 Å². The van der Waals surface area contributed by atoms with Crippen molar-refractivity contribution in [1.82, 2.24) is 4.90 Å². The molecular formula is C38H69NO13. The number of hydrogen-bond donors (Lipinski definition) is 5. The van der Waals surface area contributed by atoms with Crippen molar-refractivity contribution in [2.75, 3.05) is 21.2 Å². The minimum Gasteiger partial charge on any atom is -0.459 e. The Morgan fingerprint density at radius 3 is 2.06 bits per heavy atom. The van der Waals surface area contributed by atoms with Crippen LogP contribution >= 0.6 is 0 Å². The number of aliphatic hydroxyl groups is 5. The quantitative estimate of drug-likeness (QED) is 0.227. The summed E-state index contributed by atoms with van der Waals surface area (Å²) in [5.74, 6) is -4.96. The van der Waals surface area contributed by atoms with Gasteiger partial charge in [0.25, 0.3) is 0 Å². The molecule has 0 bridgehead atoms. The van der Waals surface area contributed by atoms with E-state index in [0.29, 0.717) is 12.8 Å². The third-order valence-corrected chi connectivity index (χ3v) is 12.0. The second-order valence-electron chi connectivity index (χ2n) is 16.9. The Labute approximate surface area is 310 Å². The van der Waals surface area contributed by atoms with E-state index < -0.39 is 108 Å². The number of methoxy groups -OCH3 is 1. The first kappa shape index (κ1) is 45.1. The summed E-state index contributed by atoms with van der Waals surface area (Å²) in [5.41, 5.74) is -4.84. The van der Waals surface area contributed by atoms with Crippen molar-refractivity contribution in [1.29, 1.82) is 0 Å². The number of ketones is 1. The van der Waals surface area contributed by atoms with Gasteiger partial charge in [0.05, 0.1) is 47.6 Å². The summed E-state index contributed by atoms with van der Waals surface area (Å²) in [6.45, 7) is 16.6. The lowest BCUT2D eigenvalue weighted by Crippen LogP contribution is -2.61. The molecule has 3 rings (SSSR count). The average molecular weight is 748 g/mol. The highest BCUT2D eigenvalue weighted by Gasteiger charge is 2.53. The summed E-state index contributed by atoms with van der Waals surface area (Å²) in [6, 6.07) is -0.324. The van der Waals surface area contributed by atoms with Gasteiger partial charge < -0.3 is 58.9 Å². The molecule has 3 aliphatic rings. The van der Waals surface area contributed by atoms with Gasteiger partial charge >= 0.3 is 5.97 Å². The van der Waals surface area contributed by atoms with Crippen LogP contribution in [0.3, 0.4) is 0 Å². The monoisotopic (exact) mass is 747 g/mol. The Bertz CT molecular complexity index is 1180. The van der Waals surface area contributed by atoms with Crippen molar-refractivity contribution >= 4 is 11.8 Å². The van der Waals surface area contributed by atoms with Gasteiger partial charge in [-0.1, -0.05) is 34.1 Å². The molecule has 304 valence electrons. The van der Waals surface area contributed by atoms with E-state index >= 15 is 0 Å². The number of rotatable bonds is 8. The van der Waals surface area contributed by atoms with Crippen molar-refractivity contribution in [3.05, 3.63) is 0 Å². The molecule has 3 heterocycles. The van der Waals surface area contributed by atoms with Crippen LogP contribution in [-0.2, 0) is 38.0 Å². The van der Waals surface area contributed by atoms with Crippen LogP contribution in [0.2, 0.25) is 0 Å². The number of carbonyl (C=O) groups is 2. The molecule has 52 heavy (non-hydrogen) atoms. The van der Waals surface area contributed by atoms with E-state index in [0.717, 1.165) is 0 Å². The molecule has 0 aromatic heterocycles. The molecule has 18 atom stereocenters. The number of nitrogens with zero attached hydrogens (tertiary/aromatic N) is 1. The van der Waals surface area contributed by atoms with Gasteiger partial charge in [-0.3, -0.25) is 9.59 Å². The number of hydrogen-bond acceptors (Lipinski definition) is 14. The summed E-state index contributed by atoms with van der Waals surface area (Å²) in [5, 5.41) is 57.9. The van der Waals surface area contributed by atoms with Crippen molar-refractivity contribution in [2.45, 2.75) is 186 Å². The number of Topliss-reactive ketones (excluding diaryl/α,β-unsaturated/α-hetero) is 1. The zero-order valence-electron chi connectivity index (χ0n) is 33.6. The van der Waals surface area contributed by atoms with Crippen LogP contribution in [0.1, 0.15) is 101 Å². The standard InChI is InChI=1S/C38H69NO13/c1-14-15-26-38(10,46)31(42)21(4)28(40)19(2)17-36(8,45)33(52-35-29(41)25(39(11)12)16-20(3)48-35)22(5)30(23(6)34(44)50-26)51-27-18-37(9,47-13)32(43)24(7)49-27/h19-27,29-33,35,41-43,45-46H,14-18H2,1-13H3/t19-,20?,21+,22+,23-,24?,25?,26-,27?,29?,30+,31-,32?,33-,35?,36-,37?,38-/m1/s1. The van der Waals surface area contributed by atoms with Gasteiger partial charge in [0, 0.05) is 37.3 Å². The number of carbonyl (C=O) groups excluding carboxylic acids is 2. The molecule has 14 nitrogen and oxygen atoms in total. The average Bonchev–Trinajstić information content (AvgIpc) is 3.06. The smallest absolute Gasteiger partial charge is 0.311 e. The van der Waals surface area contributed by atoms with Gasteiger partial charge in [-0.25, -0.2) is 0 Å². The maximum Gasteiger partial charge on any atom is 0.311 e. The molecule has 3 fully saturated rings. The van der Waals surface area contributed by atoms with E-state index in [1.165, 1.54) is 27.9 Å². The Kier molecular flexibility index (Phi) is 15.3. The lowest BCUT2D eigenvalue weighted by atomic mass is 9.74. The molecule has 0 amide bonds. The highest BCUT2D eigenvalue weighted by molar-refractivity contribution is 5.83. The minimum atomic E-state index is -1.99. The predicted octanol–water partition coefficient (Wildman–Crippen LogP) is 2.18. The summed E-state index contributed by atoms with van der Waals surface area (Å²) in [4.78, 5) is 29.9. The van der Waals surface area contributed by atoms with Crippen LogP contribution < -0.4 is 0 Å². The zero-order valence-corrected chi connectivity index (χ0v) is 33.6. The van der Waals surface area contributed by atoms with Gasteiger partial charge in [-0.2, -0.15) is 0 Å². The normalized spacial score (nSPS) is 49.0. The number of esters is 1. The van der Waals surface area contributed by atoms with Crippen molar-refractivity contribution in [2.24, 2.45) is 23.7 Å². The Morgan fingerprint density at radius 2 is 1.50 bits per heavy atom. The SMILES string of the molecule is CCC[C@H]1OC(=O)[C@H](C)[C@@H](OC2CC(C)(OC)C(O)C(C)O2)[C@H](C)[C@@H](OC2OC(C)CC(N(C)C)C2O)[C@](C)(O)C[C@@H](C)C(=O)[C@H](C)[C@@H](O)[C@]1(C)O. The van der Waals surface area contributed by atoms with E-state index in [-0.39, 0.29) is 31.4 Å². The lowest BCUT2D eigenvalue weighted by molar-refractivity contribution is -0.318. The number of cyclic esters (lactones) is 1. The Morgan fingerprint density at radius 1 is 0.885 bits per heavy atom. The number of ether oxygens (including phenoxy) is 6. The molecular weight excluding hydrogens is 678 g/mol. The summed E-state index contributed by atoms with van der Waals surface area (Å²) < 4.78 is 37.2. The first-order chi connectivity index (χ1) is 23.9. The second-order valence-corrected chi connectivity index (χ2v) is 16.9. The van der Waals surface area contributed by atoms with Crippen molar-refractivity contribution in [3.8, 4) is 0 Å².